The summed E-state index contributed by atoms with van der Waals surface area (Å²) < 4.78 is 33.1. The molecule has 0 bridgehead atoms. The molecule has 0 saturated carbocycles. The Kier molecular flexibility index (Phi) is 8.49. The van der Waals surface area contributed by atoms with Gasteiger partial charge < -0.3 is 4.74 Å². The van der Waals surface area contributed by atoms with E-state index in [0.29, 0.717) is 0 Å². The van der Waals surface area contributed by atoms with E-state index in [0.717, 1.165) is 12.5 Å². The zero-order valence-corrected chi connectivity index (χ0v) is 15.7. The van der Waals surface area contributed by atoms with Crippen LogP contribution in [0.4, 0.5) is 0 Å². The van der Waals surface area contributed by atoms with Crippen LogP contribution < -0.4 is 4.72 Å². The highest BCUT2D eigenvalue weighted by molar-refractivity contribution is 7.84. The van der Waals surface area contributed by atoms with Crippen LogP contribution in [0.1, 0.15) is 18.9 Å². The Morgan fingerprint density at radius 1 is 1.29 bits per heavy atom. The van der Waals surface area contributed by atoms with Gasteiger partial charge in [0.2, 0.25) is 3.79 Å². The largest absolute Gasteiger partial charge is 0.445 e. The number of ether oxygens (including phenoxy) is 1. The van der Waals surface area contributed by atoms with E-state index >= 15 is 0 Å². The second-order valence-electron chi connectivity index (χ2n) is 4.60. The molecule has 0 heterocycles. The first-order valence-corrected chi connectivity index (χ1v) is 9.24. The molecule has 134 valence electrons. The van der Waals surface area contributed by atoms with Gasteiger partial charge in [0, 0.05) is 13.3 Å². The maximum Gasteiger partial charge on any atom is 0.339 e. The summed E-state index contributed by atoms with van der Waals surface area (Å²) in [7, 11) is -4.27. The molecule has 24 heavy (non-hydrogen) atoms. The van der Waals surface area contributed by atoms with E-state index in [1.807, 2.05) is 30.3 Å². The number of carbonyl (C=O) groups excluding carboxylic acids is 1. The molecule has 10 heteroatoms. The lowest BCUT2D eigenvalue weighted by Crippen LogP contribution is -2.39. The summed E-state index contributed by atoms with van der Waals surface area (Å²) in [5.74, 6) is -0.655. The second kappa shape index (κ2) is 9.60. The number of rotatable bonds is 8. The van der Waals surface area contributed by atoms with E-state index in [4.69, 9.17) is 39.5 Å². The topological polar surface area (TPSA) is 81.7 Å². The van der Waals surface area contributed by atoms with E-state index in [1.54, 1.807) is 12.2 Å². The van der Waals surface area contributed by atoms with Gasteiger partial charge in [-0.3, -0.25) is 8.98 Å². The highest BCUT2D eigenvalue weighted by Crippen LogP contribution is 2.26. The lowest BCUT2D eigenvalue weighted by atomic mass is 10.2. The van der Waals surface area contributed by atoms with Gasteiger partial charge in [0.05, 0.1) is 0 Å². The maximum atomic E-state index is 11.8. The number of alkyl halides is 3. The van der Waals surface area contributed by atoms with Gasteiger partial charge in [-0.1, -0.05) is 77.3 Å². The lowest BCUT2D eigenvalue weighted by Gasteiger charge is -2.18. The summed E-state index contributed by atoms with van der Waals surface area (Å²) in [4.78, 5) is 11.1. The predicted octanol–water partition coefficient (Wildman–Crippen LogP) is 3.20. The molecule has 1 aromatic carbocycles. The van der Waals surface area contributed by atoms with E-state index in [1.165, 1.54) is 0 Å². The van der Waals surface area contributed by atoms with E-state index in [9.17, 15) is 13.2 Å². The van der Waals surface area contributed by atoms with Crippen molar-refractivity contribution < 1.29 is 22.1 Å². The third-order valence-corrected chi connectivity index (χ3v) is 3.73. The van der Waals surface area contributed by atoms with Gasteiger partial charge in [-0.15, -0.1) is 0 Å². The molecule has 0 aromatic heterocycles. The minimum absolute atomic E-state index is 0.0881. The van der Waals surface area contributed by atoms with Crippen molar-refractivity contribution in [3.05, 3.63) is 42.0 Å². The number of hydrogen-bond acceptors (Lipinski definition) is 5. The molecule has 0 radical (unpaired) electrons. The Morgan fingerprint density at radius 3 is 2.46 bits per heavy atom. The number of nitrogens with one attached hydrogen (secondary N) is 1. The molecular formula is C14H16Cl3NO5S. The standard InChI is InChI=1S/C14H16Cl3NO5S/c1-11(19)23-13(9-5-8-12-6-3-2-4-7-12)18-24(20,21)22-10-14(15,16)17/h2-8,13,18H,9-10H2,1H3/b8-5+. The van der Waals surface area contributed by atoms with Gasteiger partial charge in [0.25, 0.3) is 0 Å². The molecule has 1 atom stereocenters. The van der Waals surface area contributed by atoms with Gasteiger partial charge in [0.15, 0.2) is 6.23 Å². The number of hydrogen-bond donors (Lipinski definition) is 1. The van der Waals surface area contributed by atoms with Gasteiger partial charge in [-0.2, -0.15) is 13.1 Å². The van der Waals surface area contributed by atoms with Crippen LogP contribution in [0.25, 0.3) is 6.08 Å². The Bertz CT molecular complexity index is 659. The molecule has 1 aromatic rings. The molecule has 0 amide bonds. The van der Waals surface area contributed by atoms with Crippen molar-refractivity contribution in [2.45, 2.75) is 23.4 Å². The first-order valence-electron chi connectivity index (χ1n) is 6.70. The number of halogens is 3. The molecule has 0 aliphatic heterocycles. The monoisotopic (exact) mass is 415 g/mol. The van der Waals surface area contributed by atoms with Crippen LogP contribution >= 0.6 is 34.8 Å². The van der Waals surface area contributed by atoms with Crippen molar-refractivity contribution in [3.8, 4) is 0 Å². The van der Waals surface area contributed by atoms with Crippen molar-refractivity contribution in [2.75, 3.05) is 6.61 Å². The smallest absolute Gasteiger partial charge is 0.339 e. The van der Waals surface area contributed by atoms with Crippen LogP contribution in [0.15, 0.2) is 36.4 Å². The zero-order valence-electron chi connectivity index (χ0n) is 12.6. The highest BCUT2D eigenvalue weighted by atomic mass is 35.6. The Balaban J connectivity index is 2.67. The van der Waals surface area contributed by atoms with Crippen LogP contribution in [-0.4, -0.2) is 31.0 Å². The Morgan fingerprint density at radius 2 is 1.92 bits per heavy atom. The van der Waals surface area contributed by atoms with Crippen molar-refractivity contribution in [3.63, 3.8) is 0 Å². The van der Waals surface area contributed by atoms with Crippen molar-refractivity contribution in [1.82, 2.24) is 4.72 Å². The molecule has 0 spiro atoms. The van der Waals surface area contributed by atoms with Crippen molar-refractivity contribution >= 4 is 57.2 Å². The summed E-state index contributed by atoms with van der Waals surface area (Å²) in [5.41, 5.74) is 0.911. The number of carbonyl (C=O) groups is 1. The predicted molar refractivity (Wildman–Crippen MR) is 93.9 cm³/mol. The average molecular weight is 417 g/mol. The molecular weight excluding hydrogens is 401 g/mol. The molecule has 0 aliphatic rings. The van der Waals surface area contributed by atoms with Gasteiger partial charge in [-0.25, -0.2) is 0 Å². The first-order chi connectivity index (χ1) is 11.1. The van der Waals surface area contributed by atoms with Gasteiger partial charge in [-0.05, 0) is 5.56 Å². The van der Waals surface area contributed by atoms with E-state index in [-0.39, 0.29) is 6.42 Å². The molecule has 1 N–H and O–H groups in total. The molecule has 0 aliphatic carbocycles. The van der Waals surface area contributed by atoms with Crippen LogP contribution in [0.2, 0.25) is 0 Å². The molecule has 0 saturated heterocycles. The Labute approximate surface area is 155 Å². The SMILES string of the molecule is CC(=O)OC(C/C=C/c1ccccc1)NS(=O)(=O)OCC(Cl)(Cl)Cl. The van der Waals surface area contributed by atoms with Crippen LogP contribution in [-0.2, 0) is 24.0 Å². The van der Waals surface area contributed by atoms with Crippen molar-refractivity contribution in [2.24, 2.45) is 0 Å². The van der Waals surface area contributed by atoms with E-state index < -0.39 is 32.9 Å². The van der Waals surface area contributed by atoms with Gasteiger partial charge >= 0.3 is 16.3 Å². The van der Waals surface area contributed by atoms with Crippen LogP contribution in [0.5, 0.6) is 0 Å². The maximum absolute atomic E-state index is 11.8. The molecule has 6 nitrogen and oxygen atoms in total. The molecule has 1 unspecified atom stereocenters. The minimum Gasteiger partial charge on any atom is -0.445 e. The third-order valence-electron chi connectivity index (χ3n) is 2.42. The summed E-state index contributed by atoms with van der Waals surface area (Å²) >= 11 is 16.3. The normalized spacial score (nSPS) is 13.8. The average Bonchev–Trinajstić information content (AvgIpc) is 2.45. The summed E-state index contributed by atoms with van der Waals surface area (Å²) in [6.07, 6.45) is 2.35. The quantitative estimate of drug-likeness (QED) is 0.400. The second-order valence-corrected chi connectivity index (χ2v) is 8.49. The summed E-state index contributed by atoms with van der Waals surface area (Å²) in [5, 5.41) is 0. The van der Waals surface area contributed by atoms with Gasteiger partial charge in [0.1, 0.15) is 6.61 Å². The first kappa shape index (κ1) is 21.2. The molecule has 0 fully saturated rings. The third kappa shape index (κ3) is 10.1. The Hall–Kier alpha value is -0.830. The van der Waals surface area contributed by atoms with E-state index in [2.05, 4.69) is 8.91 Å². The number of esters is 1. The van der Waals surface area contributed by atoms with Crippen molar-refractivity contribution in [1.29, 1.82) is 0 Å². The fourth-order valence-corrected chi connectivity index (χ4v) is 2.78. The fraction of sp³-hybridized carbons (Fsp3) is 0.357. The summed E-state index contributed by atoms with van der Waals surface area (Å²) in [6.45, 7) is 0.476. The zero-order chi connectivity index (χ0) is 18.2. The fourth-order valence-electron chi connectivity index (χ4n) is 1.55. The minimum atomic E-state index is -4.27. The van der Waals surface area contributed by atoms with Crippen LogP contribution in [0.3, 0.4) is 0 Å². The molecule has 1 rings (SSSR count). The lowest BCUT2D eigenvalue weighted by molar-refractivity contribution is -0.146. The van der Waals surface area contributed by atoms with Crippen LogP contribution in [0, 0.1) is 0 Å². The highest BCUT2D eigenvalue weighted by Gasteiger charge is 2.26. The number of benzene rings is 1. The summed E-state index contributed by atoms with van der Waals surface area (Å²) in [6, 6.07) is 9.32.